The van der Waals surface area contributed by atoms with E-state index in [1.165, 1.54) is 4.90 Å². The van der Waals surface area contributed by atoms with Crippen LogP contribution in [0.4, 0.5) is 4.79 Å². The summed E-state index contributed by atoms with van der Waals surface area (Å²) in [5.41, 5.74) is 5.05. The van der Waals surface area contributed by atoms with Crippen LogP contribution < -0.4 is 11.1 Å². The molecular weight excluding hydrogens is 238 g/mol. The number of nitrogens with two attached hydrogens (primary N) is 1. The Balaban J connectivity index is 2.64. The van der Waals surface area contributed by atoms with E-state index in [1.54, 1.807) is 13.8 Å². The zero-order valence-electron chi connectivity index (χ0n) is 10.5. The lowest BCUT2D eigenvalue weighted by atomic mass is 10.2. The van der Waals surface area contributed by atoms with Gasteiger partial charge in [0.05, 0.1) is 0 Å². The number of carboxylic acid groups (broad SMARTS) is 1. The maximum Gasteiger partial charge on any atom is 0.326 e. The molecule has 7 nitrogen and oxygen atoms in total. The normalized spacial score (nSPS) is 16.2. The van der Waals surface area contributed by atoms with Gasteiger partial charge in [-0.25, -0.2) is 9.59 Å². The molecule has 1 aliphatic carbocycles. The van der Waals surface area contributed by atoms with E-state index >= 15 is 0 Å². The van der Waals surface area contributed by atoms with Crippen molar-refractivity contribution < 1.29 is 19.5 Å². The molecule has 0 aromatic carbocycles. The maximum atomic E-state index is 11.9. The zero-order chi connectivity index (χ0) is 13.9. The lowest BCUT2D eigenvalue weighted by Gasteiger charge is -2.27. The van der Waals surface area contributed by atoms with Gasteiger partial charge in [-0.1, -0.05) is 0 Å². The first-order valence-electron chi connectivity index (χ1n) is 5.91. The van der Waals surface area contributed by atoms with Crippen LogP contribution in [0, 0.1) is 5.92 Å². The highest BCUT2D eigenvalue weighted by atomic mass is 16.4. The minimum absolute atomic E-state index is 0.00552. The van der Waals surface area contributed by atoms with Crippen molar-refractivity contribution in [3.63, 3.8) is 0 Å². The minimum Gasteiger partial charge on any atom is -0.480 e. The highest BCUT2D eigenvalue weighted by Gasteiger charge is 2.38. The predicted octanol–water partition coefficient (Wildman–Crippen LogP) is -0.245. The number of aliphatic carboxylic acids is 1. The summed E-state index contributed by atoms with van der Waals surface area (Å²) >= 11 is 0. The predicted molar refractivity (Wildman–Crippen MR) is 63.7 cm³/mol. The molecule has 0 saturated heterocycles. The molecule has 1 atom stereocenters. The largest absolute Gasteiger partial charge is 0.480 e. The van der Waals surface area contributed by atoms with Gasteiger partial charge in [-0.05, 0) is 32.6 Å². The summed E-state index contributed by atoms with van der Waals surface area (Å²) in [6, 6.07) is -1.68. The number of hydrogen-bond acceptors (Lipinski definition) is 3. The molecule has 102 valence electrons. The Bertz CT molecular complexity index is 352. The van der Waals surface area contributed by atoms with Crippen molar-refractivity contribution in [1.82, 2.24) is 10.2 Å². The number of urea groups is 1. The molecule has 4 N–H and O–H groups in total. The van der Waals surface area contributed by atoms with Crippen LogP contribution in [0.5, 0.6) is 0 Å². The van der Waals surface area contributed by atoms with Crippen molar-refractivity contribution in [2.24, 2.45) is 11.7 Å². The van der Waals surface area contributed by atoms with Gasteiger partial charge in [0.2, 0.25) is 5.91 Å². The van der Waals surface area contributed by atoms with Crippen LogP contribution >= 0.6 is 0 Å². The third kappa shape index (κ3) is 3.90. The van der Waals surface area contributed by atoms with E-state index < -0.39 is 23.9 Å². The number of rotatable bonds is 6. The molecule has 18 heavy (non-hydrogen) atoms. The van der Waals surface area contributed by atoms with Gasteiger partial charge >= 0.3 is 12.0 Å². The van der Waals surface area contributed by atoms with Crippen LogP contribution in [-0.2, 0) is 9.59 Å². The molecule has 0 radical (unpaired) electrons. The highest BCUT2D eigenvalue weighted by Crippen LogP contribution is 2.32. The second kappa shape index (κ2) is 5.70. The smallest absolute Gasteiger partial charge is 0.326 e. The molecule has 1 rings (SSSR count). The number of hydrogen-bond donors (Lipinski definition) is 3. The Morgan fingerprint density at radius 3 is 2.28 bits per heavy atom. The molecule has 0 spiro atoms. The molecule has 0 aromatic rings. The molecular formula is C11H19N3O4. The second-order valence-corrected chi connectivity index (χ2v) is 4.79. The van der Waals surface area contributed by atoms with E-state index in [1.807, 2.05) is 0 Å². The zero-order valence-corrected chi connectivity index (χ0v) is 10.5. The fraction of sp³-hybridized carbons (Fsp3) is 0.727. The van der Waals surface area contributed by atoms with Gasteiger partial charge in [0.1, 0.15) is 12.6 Å². The van der Waals surface area contributed by atoms with Crippen molar-refractivity contribution in [2.45, 2.75) is 38.8 Å². The third-order valence-corrected chi connectivity index (χ3v) is 2.85. The van der Waals surface area contributed by atoms with Gasteiger partial charge in [-0.15, -0.1) is 0 Å². The average Bonchev–Trinajstić information content (AvgIpc) is 3.04. The summed E-state index contributed by atoms with van der Waals surface area (Å²) in [4.78, 5) is 35.0. The first-order valence-corrected chi connectivity index (χ1v) is 5.91. The molecule has 3 amide bonds. The van der Waals surface area contributed by atoms with Crippen LogP contribution in [0.25, 0.3) is 0 Å². The first-order chi connectivity index (χ1) is 8.32. The number of carbonyl (C=O) groups excluding carboxylic acids is 2. The number of carbonyl (C=O) groups is 3. The van der Waals surface area contributed by atoms with Crippen LogP contribution in [0.3, 0.4) is 0 Å². The summed E-state index contributed by atoms with van der Waals surface area (Å²) in [6.07, 6.45) is 1.60. The lowest BCUT2D eigenvalue weighted by molar-refractivity contribution is -0.139. The molecule has 0 aromatic heterocycles. The standard InChI is InChI=1S/C11H19N3O4/c1-6(2)14(5-8(12)15)11(18)13-9(10(16)17)7-3-4-7/h6-7,9H,3-5H2,1-2H3,(H2,12,15)(H,13,18)(H,16,17). The molecule has 7 heteroatoms. The van der Waals surface area contributed by atoms with Gasteiger partial charge < -0.3 is 21.1 Å². The van der Waals surface area contributed by atoms with E-state index in [4.69, 9.17) is 10.8 Å². The summed E-state index contributed by atoms with van der Waals surface area (Å²) < 4.78 is 0. The molecule has 0 bridgehead atoms. The summed E-state index contributed by atoms with van der Waals surface area (Å²) in [5.74, 6) is -1.68. The van der Waals surface area contributed by atoms with Crippen molar-refractivity contribution >= 4 is 17.9 Å². The number of nitrogens with zero attached hydrogens (tertiary/aromatic N) is 1. The summed E-state index contributed by atoms with van der Waals surface area (Å²) in [7, 11) is 0. The number of nitrogens with one attached hydrogen (secondary N) is 1. The van der Waals surface area contributed by atoms with Gasteiger partial charge in [-0.2, -0.15) is 0 Å². The third-order valence-electron chi connectivity index (χ3n) is 2.85. The van der Waals surface area contributed by atoms with Gasteiger partial charge in [0.15, 0.2) is 0 Å². The minimum atomic E-state index is -1.05. The Hall–Kier alpha value is -1.79. The van der Waals surface area contributed by atoms with Crippen LogP contribution in [0.15, 0.2) is 0 Å². The lowest BCUT2D eigenvalue weighted by Crippen LogP contribution is -2.53. The molecule has 0 aliphatic heterocycles. The molecule has 1 aliphatic rings. The second-order valence-electron chi connectivity index (χ2n) is 4.79. The molecule has 1 unspecified atom stereocenters. The van der Waals surface area contributed by atoms with Crippen molar-refractivity contribution in [1.29, 1.82) is 0 Å². The Labute approximate surface area is 105 Å². The van der Waals surface area contributed by atoms with E-state index in [2.05, 4.69) is 5.32 Å². The Morgan fingerprint density at radius 1 is 1.39 bits per heavy atom. The summed E-state index contributed by atoms with van der Waals surface area (Å²) in [6.45, 7) is 3.24. The summed E-state index contributed by atoms with van der Waals surface area (Å²) in [5, 5.41) is 11.5. The van der Waals surface area contributed by atoms with Crippen LogP contribution in [-0.4, -0.2) is 46.5 Å². The van der Waals surface area contributed by atoms with Gasteiger partial charge in [0, 0.05) is 6.04 Å². The van der Waals surface area contributed by atoms with Crippen molar-refractivity contribution in [3.05, 3.63) is 0 Å². The van der Waals surface area contributed by atoms with E-state index in [-0.39, 0.29) is 18.5 Å². The fourth-order valence-electron chi connectivity index (χ4n) is 1.68. The number of amides is 3. The Morgan fingerprint density at radius 2 is 1.94 bits per heavy atom. The van der Waals surface area contributed by atoms with Crippen molar-refractivity contribution in [3.8, 4) is 0 Å². The topological polar surface area (TPSA) is 113 Å². The van der Waals surface area contributed by atoms with Crippen LogP contribution in [0.1, 0.15) is 26.7 Å². The van der Waals surface area contributed by atoms with Gasteiger partial charge in [-0.3, -0.25) is 4.79 Å². The van der Waals surface area contributed by atoms with E-state index in [0.717, 1.165) is 12.8 Å². The monoisotopic (exact) mass is 257 g/mol. The maximum absolute atomic E-state index is 11.9. The Kier molecular flexibility index (Phi) is 4.52. The number of carboxylic acids is 1. The van der Waals surface area contributed by atoms with Gasteiger partial charge in [0.25, 0.3) is 0 Å². The molecule has 1 saturated carbocycles. The first kappa shape index (κ1) is 14.3. The SMILES string of the molecule is CC(C)N(CC(N)=O)C(=O)NC(C(=O)O)C1CC1. The highest BCUT2D eigenvalue weighted by molar-refractivity contribution is 5.86. The van der Waals surface area contributed by atoms with E-state index in [9.17, 15) is 14.4 Å². The number of primary amides is 1. The quantitative estimate of drug-likeness (QED) is 0.609. The molecule has 0 heterocycles. The average molecular weight is 257 g/mol. The fourth-order valence-corrected chi connectivity index (χ4v) is 1.68. The van der Waals surface area contributed by atoms with E-state index in [0.29, 0.717) is 0 Å². The molecule has 1 fully saturated rings. The van der Waals surface area contributed by atoms with Crippen LogP contribution in [0.2, 0.25) is 0 Å². The van der Waals surface area contributed by atoms with Crippen molar-refractivity contribution in [2.75, 3.05) is 6.54 Å².